The zero-order chi connectivity index (χ0) is 16.1. The maximum atomic E-state index is 12.3. The molecule has 23 heavy (non-hydrogen) atoms. The summed E-state index contributed by atoms with van der Waals surface area (Å²) in [5.41, 5.74) is 1.56. The number of aromatic nitrogens is 2. The quantitative estimate of drug-likeness (QED) is 0.911. The number of carbonyl (C=O) groups is 1. The molecular weight excluding hydrogens is 290 g/mol. The van der Waals surface area contributed by atoms with Gasteiger partial charge in [0.15, 0.2) is 5.82 Å². The fourth-order valence-corrected chi connectivity index (χ4v) is 2.74. The maximum absolute atomic E-state index is 12.3. The Morgan fingerprint density at radius 1 is 1.13 bits per heavy atom. The van der Waals surface area contributed by atoms with E-state index in [2.05, 4.69) is 25.5 Å². The zero-order valence-corrected chi connectivity index (χ0v) is 13.2. The Morgan fingerprint density at radius 2 is 1.91 bits per heavy atom. The molecule has 1 saturated heterocycles. The first-order valence-electron chi connectivity index (χ1n) is 7.92. The number of nitrogens with zero attached hydrogens (tertiary/aromatic N) is 3. The Kier molecular flexibility index (Phi) is 4.71. The summed E-state index contributed by atoms with van der Waals surface area (Å²) in [7, 11) is 0. The summed E-state index contributed by atoms with van der Waals surface area (Å²) >= 11 is 0. The lowest BCUT2D eigenvalue weighted by Crippen LogP contribution is -2.32. The van der Waals surface area contributed by atoms with Crippen molar-refractivity contribution in [3.63, 3.8) is 0 Å². The van der Waals surface area contributed by atoms with E-state index in [4.69, 9.17) is 0 Å². The highest BCUT2D eigenvalue weighted by Crippen LogP contribution is 2.26. The van der Waals surface area contributed by atoms with E-state index in [1.54, 1.807) is 12.4 Å². The molecule has 0 spiro atoms. The summed E-state index contributed by atoms with van der Waals surface area (Å²) in [6, 6.07) is 8.95. The van der Waals surface area contributed by atoms with Crippen molar-refractivity contribution in [1.82, 2.24) is 15.3 Å². The summed E-state index contributed by atoms with van der Waals surface area (Å²) in [4.78, 5) is 23.2. The molecule has 0 bridgehead atoms. The summed E-state index contributed by atoms with van der Waals surface area (Å²) in [6.45, 7) is 3.88. The van der Waals surface area contributed by atoms with Crippen LogP contribution in [0.25, 0.3) is 0 Å². The van der Waals surface area contributed by atoms with Crippen LogP contribution in [-0.4, -0.2) is 29.1 Å². The molecule has 0 aliphatic carbocycles. The molecule has 1 aliphatic heterocycles. The molecule has 2 aromatic rings. The van der Waals surface area contributed by atoms with Crippen LogP contribution in [0.5, 0.6) is 0 Å². The molecule has 6 heteroatoms. The summed E-state index contributed by atoms with van der Waals surface area (Å²) in [5.74, 6) is 0.839. The van der Waals surface area contributed by atoms with Crippen molar-refractivity contribution >= 4 is 17.5 Å². The fourth-order valence-electron chi connectivity index (χ4n) is 2.74. The second-order valence-corrected chi connectivity index (χ2v) is 5.64. The minimum Gasteiger partial charge on any atom is -0.355 e. The number of carbonyl (C=O) groups excluding carboxylic acids is 1. The van der Waals surface area contributed by atoms with Gasteiger partial charge in [-0.05, 0) is 44.0 Å². The van der Waals surface area contributed by atoms with Gasteiger partial charge in [0.2, 0.25) is 0 Å². The van der Waals surface area contributed by atoms with Gasteiger partial charge in [0.05, 0.1) is 17.4 Å². The highest BCUT2D eigenvalue weighted by Gasteiger charge is 2.18. The molecule has 3 heterocycles. The van der Waals surface area contributed by atoms with Crippen LogP contribution in [0.15, 0.2) is 42.7 Å². The van der Waals surface area contributed by atoms with Gasteiger partial charge in [-0.2, -0.15) is 0 Å². The van der Waals surface area contributed by atoms with Crippen LogP contribution in [0.1, 0.15) is 31.5 Å². The third-order valence-electron chi connectivity index (χ3n) is 3.92. The number of rotatable bonds is 4. The minimum absolute atomic E-state index is 0.164. The van der Waals surface area contributed by atoms with E-state index in [-0.39, 0.29) is 12.1 Å². The van der Waals surface area contributed by atoms with Crippen LogP contribution in [0.2, 0.25) is 0 Å². The standard InChI is InChI=1S/C17H21N5O/c1-13(14-7-2-3-9-18-14)20-17(23)21-15-8-6-10-19-16(15)22-11-4-5-12-22/h2-3,6-10,13H,4-5,11-12H2,1H3,(H2,20,21,23)/t13-/m0/s1. The smallest absolute Gasteiger partial charge is 0.319 e. The normalized spacial score (nSPS) is 15.3. The largest absolute Gasteiger partial charge is 0.355 e. The Bertz CT molecular complexity index is 655. The van der Waals surface area contributed by atoms with E-state index in [1.165, 1.54) is 12.8 Å². The second kappa shape index (κ2) is 7.09. The van der Waals surface area contributed by atoms with Crippen molar-refractivity contribution in [2.24, 2.45) is 0 Å². The molecule has 120 valence electrons. The monoisotopic (exact) mass is 311 g/mol. The highest BCUT2D eigenvalue weighted by atomic mass is 16.2. The molecule has 2 aromatic heterocycles. The van der Waals surface area contributed by atoms with E-state index in [0.29, 0.717) is 0 Å². The van der Waals surface area contributed by atoms with Gasteiger partial charge in [-0.3, -0.25) is 4.98 Å². The Morgan fingerprint density at radius 3 is 2.65 bits per heavy atom. The Balaban J connectivity index is 1.66. The molecule has 0 radical (unpaired) electrons. The van der Waals surface area contributed by atoms with Crippen molar-refractivity contribution in [2.45, 2.75) is 25.8 Å². The molecule has 1 atom stereocenters. The maximum Gasteiger partial charge on any atom is 0.319 e. The summed E-state index contributed by atoms with van der Waals surface area (Å²) < 4.78 is 0. The van der Waals surface area contributed by atoms with E-state index in [0.717, 1.165) is 30.3 Å². The van der Waals surface area contributed by atoms with E-state index < -0.39 is 0 Å². The third kappa shape index (κ3) is 3.77. The second-order valence-electron chi connectivity index (χ2n) is 5.64. The Labute approximate surface area is 135 Å². The van der Waals surface area contributed by atoms with Gasteiger partial charge in [0.25, 0.3) is 0 Å². The van der Waals surface area contributed by atoms with Gasteiger partial charge < -0.3 is 15.5 Å². The number of anilines is 2. The SMILES string of the molecule is C[C@H](NC(=O)Nc1cccnc1N1CCCC1)c1ccccn1. The first-order valence-corrected chi connectivity index (χ1v) is 7.92. The van der Waals surface area contributed by atoms with Gasteiger partial charge in [0.1, 0.15) is 0 Å². The van der Waals surface area contributed by atoms with Crippen LogP contribution in [0, 0.1) is 0 Å². The molecule has 1 aliphatic rings. The number of hydrogen-bond acceptors (Lipinski definition) is 4. The molecule has 0 unspecified atom stereocenters. The predicted molar refractivity (Wildman–Crippen MR) is 90.5 cm³/mol. The molecule has 3 rings (SSSR count). The fraction of sp³-hybridized carbons (Fsp3) is 0.353. The topological polar surface area (TPSA) is 70.2 Å². The predicted octanol–water partition coefficient (Wildman–Crippen LogP) is 2.96. The zero-order valence-electron chi connectivity index (χ0n) is 13.2. The molecule has 0 aromatic carbocycles. The van der Waals surface area contributed by atoms with Gasteiger partial charge >= 0.3 is 6.03 Å². The van der Waals surface area contributed by atoms with Gasteiger partial charge in [-0.1, -0.05) is 6.07 Å². The van der Waals surface area contributed by atoms with Gasteiger partial charge in [0, 0.05) is 25.5 Å². The first-order chi connectivity index (χ1) is 11.2. The van der Waals surface area contributed by atoms with Crippen LogP contribution in [0.4, 0.5) is 16.3 Å². The average Bonchev–Trinajstić information content (AvgIpc) is 3.10. The minimum atomic E-state index is -0.253. The van der Waals surface area contributed by atoms with Crippen molar-refractivity contribution in [1.29, 1.82) is 0 Å². The van der Waals surface area contributed by atoms with E-state index in [1.807, 2.05) is 37.3 Å². The van der Waals surface area contributed by atoms with Crippen LogP contribution >= 0.6 is 0 Å². The van der Waals surface area contributed by atoms with Crippen LogP contribution in [0.3, 0.4) is 0 Å². The first kappa shape index (κ1) is 15.3. The molecular formula is C17H21N5O. The Hall–Kier alpha value is -2.63. The molecule has 0 saturated carbocycles. The van der Waals surface area contributed by atoms with Crippen molar-refractivity contribution in [3.05, 3.63) is 48.4 Å². The van der Waals surface area contributed by atoms with Crippen molar-refractivity contribution in [3.8, 4) is 0 Å². The number of pyridine rings is 2. The van der Waals surface area contributed by atoms with Gasteiger partial charge in [-0.15, -0.1) is 0 Å². The van der Waals surface area contributed by atoms with Crippen molar-refractivity contribution < 1.29 is 4.79 Å². The highest BCUT2D eigenvalue weighted by molar-refractivity contribution is 5.92. The third-order valence-corrected chi connectivity index (χ3v) is 3.92. The summed E-state index contributed by atoms with van der Waals surface area (Å²) in [5, 5.41) is 5.81. The molecule has 2 N–H and O–H groups in total. The molecule has 2 amide bonds. The number of urea groups is 1. The summed E-state index contributed by atoms with van der Waals surface area (Å²) in [6.07, 6.45) is 5.81. The lowest BCUT2D eigenvalue weighted by atomic mass is 10.2. The number of nitrogens with one attached hydrogen (secondary N) is 2. The van der Waals surface area contributed by atoms with Crippen LogP contribution in [-0.2, 0) is 0 Å². The van der Waals surface area contributed by atoms with Gasteiger partial charge in [-0.25, -0.2) is 9.78 Å². The number of amides is 2. The van der Waals surface area contributed by atoms with Crippen molar-refractivity contribution in [2.75, 3.05) is 23.3 Å². The number of hydrogen-bond donors (Lipinski definition) is 2. The van der Waals surface area contributed by atoms with Crippen LogP contribution < -0.4 is 15.5 Å². The lowest BCUT2D eigenvalue weighted by molar-refractivity contribution is 0.249. The van der Waals surface area contributed by atoms with E-state index >= 15 is 0 Å². The van der Waals surface area contributed by atoms with E-state index in [9.17, 15) is 4.79 Å². The average molecular weight is 311 g/mol. The molecule has 6 nitrogen and oxygen atoms in total. The molecule has 1 fully saturated rings. The lowest BCUT2D eigenvalue weighted by Gasteiger charge is -2.21.